The largest absolute Gasteiger partial charge is 0.395 e. The van der Waals surface area contributed by atoms with Gasteiger partial charge in [0.2, 0.25) is 0 Å². The van der Waals surface area contributed by atoms with Crippen molar-refractivity contribution in [3.05, 3.63) is 58.7 Å². The van der Waals surface area contributed by atoms with Crippen LogP contribution in [0, 0.1) is 13.8 Å². The Hall–Kier alpha value is -2.09. The summed E-state index contributed by atoms with van der Waals surface area (Å²) in [6, 6.07) is 13.1. The molecule has 0 radical (unpaired) electrons. The summed E-state index contributed by atoms with van der Waals surface area (Å²) in [4.78, 5) is 5.45. The fraction of sp³-hybridized carbons (Fsp3) is 0.278. The minimum atomic E-state index is 0.659. The van der Waals surface area contributed by atoms with E-state index < -0.39 is 0 Å². The number of benzene rings is 2. The molecule has 0 saturated carbocycles. The van der Waals surface area contributed by atoms with E-state index in [1.54, 1.807) is 0 Å². The van der Waals surface area contributed by atoms with Gasteiger partial charge >= 0.3 is 0 Å². The first-order valence-electron chi connectivity index (χ1n) is 7.13. The first kappa shape index (κ1) is 12.9. The van der Waals surface area contributed by atoms with Gasteiger partial charge in [0, 0.05) is 11.1 Å². The van der Waals surface area contributed by atoms with E-state index >= 15 is 0 Å². The lowest BCUT2D eigenvalue weighted by molar-refractivity contribution is 0.145. The average Bonchev–Trinajstić information content (AvgIpc) is 2.72. The van der Waals surface area contributed by atoms with Crippen molar-refractivity contribution in [2.45, 2.75) is 27.2 Å². The van der Waals surface area contributed by atoms with Gasteiger partial charge in [-0.2, -0.15) is 0 Å². The highest BCUT2D eigenvalue weighted by Crippen LogP contribution is 2.37. The highest BCUT2D eigenvalue weighted by Gasteiger charge is 2.25. The van der Waals surface area contributed by atoms with Gasteiger partial charge in [0.25, 0.3) is 0 Å². The first-order chi connectivity index (χ1) is 9.70. The molecule has 2 heteroatoms. The van der Waals surface area contributed by atoms with Gasteiger partial charge in [0.15, 0.2) is 0 Å². The number of aryl methyl sites for hydroxylation is 2. The Morgan fingerprint density at radius 3 is 1.90 bits per heavy atom. The molecule has 2 nitrogen and oxygen atoms in total. The molecule has 20 heavy (non-hydrogen) atoms. The van der Waals surface area contributed by atoms with Gasteiger partial charge in [-0.1, -0.05) is 47.5 Å². The molecule has 2 aromatic rings. The number of rotatable bonds is 3. The van der Waals surface area contributed by atoms with E-state index in [9.17, 15) is 0 Å². The zero-order chi connectivity index (χ0) is 14.1. The normalized spacial score (nSPS) is 12.1. The number of hydrogen-bond donors (Lipinski definition) is 0. The molecular weight excluding hydrogens is 246 g/mol. The van der Waals surface area contributed by atoms with Crippen molar-refractivity contribution in [3.8, 4) is 11.1 Å². The van der Waals surface area contributed by atoms with Crippen molar-refractivity contribution in [2.75, 3.05) is 6.61 Å². The Morgan fingerprint density at radius 2 is 1.40 bits per heavy atom. The lowest BCUT2D eigenvalue weighted by Gasteiger charge is -2.03. The SMILES string of the molecule is CCCON=C1c2cc(C)ccc2-c2ccc(C)cc21. The molecule has 3 rings (SSSR count). The van der Waals surface area contributed by atoms with Gasteiger partial charge < -0.3 is 4.84 Å². The van der Waals surface area contributed by atoms with Crippen LogP contribution in [0.4, 0.5) is 0 Å². The molecule has 0 atom stereocenters. The van der Waals surface area contributed by atoms with Crippen LogP contribution in [0.3, 0.4) is 0 Å². The van der Waals surface area contributed by atoms with Crippen LogP contribution in [-0.4, -0.2) is 12.3 Å². The van der Waals surface area contributed by atoms with E-state index in [4.69, 9.17) is 4.84 Å². The topological polar surface area (TPSA) is 21.6 Å². The number of fused-ring (bicyclic) bond motifs is 3. The second-order valence-corrected chi connectivity index (χ2v) is 5.37. The number of nitrogens with zero attached hydrogens (tertiary/aromatic N) is 1. The lowest BCUT2D eigenvalue weighted by atomic mass is 10.0. The van der Waals surface area contributed by atoms with E-state index in [1.807, 2.05) is 0 Å². The highest BCUT2D eigenvalue weighted by atomic mass is 16.6. The minimum Gasteiger partial charge on any atom is -0.395 e. The Bertz CT molecular complexity index is 632. The molecule has 0 aromatic heterocycles. The van der Waals surface area contributed by atoms with Gasteiger partial charge in [-0.15, -0.1) is 0 Å². The fourth-order valence-electron chi connectivity index (χ4n) is 2.62. The summed E-state index contributed by atoms with van der Waals surface area (Å²) < 4.78 is 0. The predicted molar refractivity (Wildman–Crippen MR) is 83.2 cm³/mol. The van der Waals surface area contributed by atoms with E-state index in [2.05, 4.69) is 62.3 Å². The standard InChI is InChI=1S/C18H19NO/c1-4-9-20-19-18-16-10-12(2)5-7-14(16)15-8-6-13(3)11-17(15)18/h5-8,10-11H,4,9H2,1-3H3. The predicted octanol–water partition coefficient (Wildman–Crippen LogP) is 4.46. The number of hydrogen-bond acceptors (Lipinski definition) is 2. The van der Waals surface area contributed by atoms with Crippen molar-refractivity contribution in [1.29, 1.82) is 0 Å². The summed E-state index contributed by atoms with van der Waals surface area (Å²) in [6.45, 7) is 6.97. The van der Waals surface area contributed by atoms with Crippen LogP contribution in [-0.2, 0) is 4.84 Å². The molecular formula is C18H19NO. The molecule has 0 unspecified atom stereocenters. The molecule has 1 aliphatic rings. The van der Waals surface area contributed by atoms with Crippen molar-refractivity contribution in [2.24, 2.45) is 5.16 Å². The molecule has 0 N–H and O–H groups in total. The van der Waals surface area contributed by atoms with Gasteiger partial charge in [-0.25, -0.2) is 0 Å². The minimum absolute atomic E-state index is 0.659. The van der Waals surface area contributed by atoms with Crippen molar-refractivity contribution in [3.63, 3.8) is 0 Å². The summed E-state index contributed by atoms with van der Waals surface area (Å²) in [6.07, 6.45) is 0.970. The quantitative estimate of drug-likeness (QED) is 0.506. The van der Waals surface area contributed by atoms with Gasteiger partial charge in [-0.3, -0.25) is 0 Å². The van der Waals surface area contributed by atoms with E-state index in [-0.39, 0.29) is 0 Å². The average molecular weight is 265 g/mol. The van der Waals surface area contributed by atoms with Crippen molar-refractivity contribution >= 4 is 5.71 Å². The van der Waals surface area contributed by atoms with Crippen LogP contribution in [0.2, 0.25) is 0 Å². The van der Waals surface area contributed by atoms with Gasteiger partial charge in [0.05, 0.1) is 0 Å². The Balaban J connectivity index is 2.17. The van der Waals surface area contributed by atoms with Crippen LogP contribution >= 0.6 is 0 Å². The van der Waals surface area contributed by atoms with Crippen LogP contribution in [0.25, 0.3) is 11.1 Å². The maximum absolute atomic E-state index is 5.45. The van der Waals surface area contributed by atoms with E-state index in [0.717, 1.165) is 12.1 Å². The molecule has 0 amide bonds. The van der Waals surface area contributed by atoms with E-state index in [0.29, 0.717) is 6.61 Å². The Morgan fingerprint density at radius 1 is 0.850 bits per heavy atom. The van der Waals surface area contributed by atoms with Crippen LogP contribution < -0.4 is 0 Å². The highest BCUT2D eigenvalue weighted by molar-refractivity contribution is 6.24. The summed E-state index contributed by atoms with van der Waals surface area (Å²) in [5.74, 6) is 0. The summed E-state index contributed by atoms with van der Waals surface area (Å²) in [5.41, 5.74) is 8.33. The molecule has 0 heterocycles. The summed E-state index contributed by atoms with van der Waals surface area (Å²) in [7, 11) is 0. The number of oxime groups is 1. The maximum atomic E-state index is 5.45. The van der Waals surface area contributed by atoms with Crippen molar-refractivity contribution in [1.82, 2.24) is 0 Å². The molecule has 102 valence electrons. The third-order valence-electron chi connectivity index (χ3n) is 3.60. The molecule has 2 aromatic carbocycles. The zero-order valence-corrected chi connectivity index (χ0v) is 12.2. The van der Waals surface area contributed by atoms with Crippen LogP contribution in [0.5, 0.6) is 0 Å². The van der Waals surface area contributed by atoms with E-state index in [1.165, 1.54) is 33.4 Å². The van der Waals surface area contributed by atoms with Crippen LogP contribution in [0.15, 0.2) is 41.6 Å². The van der Waals surface area contributed by atoms with Gasteiger partial charge in [0.1, 0.15) is 12.3 Å². The molecule has 0 spiro atoms. The van der Waals surface area contributed by atoms with Gasteiger partial charge in [-0.05, 0) is 43.5 Å². The first-order valence-corrected chi connectivity index (χ1v) is 7.13. The maximum Gasteiger partial charge on any atom is 0.118 e. The second-order valence-electron chi connectivity index (χ2n) is 5.37. The summed E-state index contributed by atoms with van der Waals surface area (Å²) in [5, 5.41) is 4.39. The Kier molecular flexibility index (Phi) is 3.31. The third-order valence-corrected chi connectivity index (χ3v) is 3.60. The molecule has 0 bridgehead atoms. The smallest absolute Gasteiger partial charge is 0.118 e. The summed E-state index contributed by atoms with van der Waals surface area (Å²) >= 11 is 0. The molecule has 1 aliphatic carbocycles. The molecule has 0 aliphatic heterocycles. The van der Waals surface area contributed by atoms with Crippen molar-refractivity contribution < 1.29 is 4.84 Å². The second kappa shape index (κ2) is 5.12. The third kappa shape index (κ3) is 2.11. The Labute approximate surface area is 120 Å². The molecule has 0 fully saturated rings. The monoisotopic (exact) mass is 265 g/mol. The fourth-order valence-corrected chi connectivity index (χ4v) is 2.62. The van der Waals surface area contributed by atoms with Crippen LogP contribution in [0.1, 0.15) is 35.6 Å². The zero-order valence-electron chi connectivity index (χ0n) is 12.2. The molecule has 0 saturated heterocycles. The lowest BCUT2D eigenvalue weighted by Crippen LogP contribution is -2.01.